The zero-order valence-corrected chi connectivity index (χ0v) is 12.7. The Hall–Kier alpha value is -2.18. The second kappa shape index (κ2) is 7.01. The molecule has 114 valence electrons. The van der Waals surface area contributed by atoms with E-state index in [9.17, 15) is 0 Å². The van der Waals surface area contributed by atoms with Crippen molar-refractivity contribution < 1.29 is 0 Å². The highest BCUT2D eigenvalue weighted by Crippen LogP contribution is 2.13. The highest BCUT2D eigenvalue weighted by molar-refractivity contribution is 5.32. The molecule has 2 rings (SSSR count). The lowest BCUT2D eigenvalue weighted by Gasteiger charge is -2.03. The molecule has 7 heteroatoms. The molecule has 0 bridgehead atoms. The molecule has 0 saturated heterocycles. The summed E-state index contributed by atoms with van der Waals surface area (Å²) >= 11 is 0. The minimum atomic E-state index is 0.117. The van der Waals surface area contributed by atoms with Crippen molar-refractivity contribution in [3.63, 3.8) is 0 Å². The smallest absolute Gasteiger partial charge is 0.241 e. The summed E-state index contributed by atoms with van der Waals surface area (Å²) in [6.07, 6.45) is 9.16. The Morgan fingerprint density at radius 1 is 0.952 bits per heavy atom. The van der Waals surface area contributed by atoms with Gasteiger partial charge in [-0.3, -0.25) is 4.57 Å². The second-order valence-electron chi connectivity index (χ2n) is 5.17. The monoisotopic (exact) mass is 289 g/mol. The SMILES string of the molecule is CCCCCCCc1cn(-c2nc(N)nc(N)n2)c(C)n1. The van der Waals surface area contributed by atoms with Crippen LogP contribution in [0.1, 0.15) is 50.5 Å². The van der Waals surface area contributed by atoms with Crippen molar-refractivity contribution >= 4 is 11.9 Å². The third kappa shape index (κ3) is 4.14. The van der Waals surface area contributed by atoms with Gasteiger partial charge in [0.25, 0.3) is 0 Å². The van der Waals surface area contributed by atoms with E-state index >= 15 is 0 Å². The summed E-state index contributed by atoms with van der Waals surface area (Å²) in [6, 6.07) is 0. The Balaban J connectivity index is 2.05. The lowest BCUT2D eigenvalue weighted by Crippen LogP contribution is -2.09. The summed E-state index contributed by atoms with van der Waals surface area (Å²) in [5.41, 5.74) is 12.3. The minimum Gasteiger partial charge on any atom is -0.368 e. The molecule has 0 aliphatic heterocycles. The van der Waals surface area contributed by atoms with Crippen LogP contribution >= 0.6 is 0 Å². The van der Waals surface area contributed by atoms with Gasteiger partial charge in [-0.15, -0.1) is 0 Å². The molecule has 2 aromatic heterocycles. The van der Waals surface area contributed by atoms with E-state index in [4.69, 9.17) is 11.5 Å². The number of nitrogen functional groups attached to an aromatic ring is 2. The van der Waals surface area contributed by atoms with Gasteiger partial charge in [-0.1, -0.05) is 32.6 Å². The summed E-state index contributed by atoms with van der Waals surface area (Å²) in [4.78, 5) is 16.5. The number of hydrogen-bond acceptors (Lipinski definition) is 6. The number of nitrogens with zero attached hydrogens (tertiary/aromatic N) is 5. The van der Waals surface area contributed by atoms with Gasteiger partial charge in [0.05, 0.1) is 5.69 Å². The summed E-state index contributed by atoms with van der Waals surface area (Å²) in [6.45, 7) is 4.13. The highest BCUT2D eigenvalue weighted by atomic mass is 15.3. The molecule has 0 unspecified atom stereocenters. The van der Waals surface area contributed by atoms with Crippen molar-refractivity contribution in [2.24, 2.45) is 0 Å². The first kappa shape index (κ1) is 15.2. The lowest BCUT2D eigenvalue weighted by atomic mass is 10.1. The van der Waals surface area contributed by atoms with Crippen molar-refractivity contribution in [2.45, 2.75) is 52.4 Å². The van der Waals surface area contributed by atoms with Crippen molar-refractivity contribution in [3.8, 4) is 5.95 Å². The molecule has 0 aromatic carbocycles. The molecule has 0 saturated carbocycles. The fraction of sp³-hybridized carbons (Fsp3) is 0.571. The van der Waals surface area contributed by atoms with Crippen LogP contribution in [0, 0.1) is 6.92 Å². The standard InChI is InChI=1S/C14H23N7/c1-3-4-5-6-7-8-11-9-21(10(2)17-11)14-19-12(15)18-13(16)20-14/h9H,3-8H2,1-2H3,(H4,15,16,18,19,20). The van der Waals surface area contributed by atoms with E-state index in [1.165, 1.54) is 25.7 Å². The molecule has 0 amide bonds. The third-order valence-corrected chi connectivity index (χ3v) is 3.34. The first-order chi connectivity index (χ1) is 10.1. The van der Waals surface area contributed by atoms with Crippen LogP contribution in [0.15, 0.2) is 6.20 Å². The number of nitrogens with two attached hydrogens (primary N) is 2. The Bertz CT molecular complexity index is 571. The predicted octanol–water partition coefficient (Wildman–Crippen LogP) is 2.04. The Morgan fingerprint density at radius 2 is 1.62 bits per heavy atom. The van der Waals surface area contributed by atoms with E-state index in [2.05, 4.69) is 26.9 Å². The summed E-state index contributed by atoms with van der Waals surface area (Å²) in [5, 5.41) is 0. The maximum atomic E-state index is 5.60. The van der Waals surface area contributed by atoms with Gasteiger partial charge in [0.15, 0.2) is 0 Å². The first-order valence-electron chi connectivity index (χ1n) is 7.42. The second-order valence-corrected chi connectivity index (χ2v) is 5.17. The Labute approximate surface area is 124 Å². The molecular weight excluding hydrogens is 266 g/mol. The van der Waals surface area contributed by atoms with E-state index in [0.717, 1.165) is 24.4 Å². The molecule has 4 N–H and O–H groups in total. The van der Waals surface area contributed by atoms with Crippen LogP contribution in [0.3, 0.4) is 0 Å². The van der Waals surface area contributed by atoms with Crippen LogP contribution in [0.2, 0.25) is 0 Å². The minimum absolute atomic E-state index is 0.117. The van der Waals surface area contributed by atoms with E-state index in [-0.39, 0.29) is 11.9 Å². The van der Waals surface area contributed by atoms with Gasteiger partial charge < -0.3 is 11.5 Å². The lowest BCUT2D eigenvalue weighted by molar-refractivity contribution is 0.628. The molecule has 21 heavy (non-hydrogen) atoms. The summed E-state index contributed by atoms with van der Waals surface area (Å²) < 4.78 is 1.80. The van der Waals surface area contributed by atoms with Crippen LogP contribution in [0.5, 0.6) is 0 Å². The third-order valence-electron chi connectivity index (χ3n) is 3.34. The number of imidazole rings is 1. The fourth-order valence-corrected chi connectivity index (χ4v) is 2.27. The largest absolute Gasteiger partial charge is 0.368 e. The van der Waals surface area contributed by atoms with Crippen LogP contribution in [-0.2, 0) is 6.42 Å². The molecular formula is C14H23N7. The number of anilines is 2. The number of unbranched alkanes of at least 4 members (excludes halogenated alkanes) is 4. The van der Waals surface area contributed by atoms with E-state index in [1.807, 2.05) is 13.1 Å². The van der Waals surface area contributed by atoms with Gasteiger partial charge in [0.2, 0.25) is 17.8 Å². The summed E-state index contributed by atoms with van der Waals surface area (Å²) in [7, 11) is 0. The molecule has 0 fully saturated rings. The fourth-order valence-electron chi connectivity index (χ4n) is 2.27. The van der Waals surface area contributed by atoms with Gasteiger partial charge in [0.1, 0.15) is 5.82 Å². The highest BCUT2D eigenvalue weighted by Gasteiger charge is 2.10. The first-order valence-corrected chi connectivity index (χ1v) is 7.42. The number of hydrogen-bond donors (Lipinski definition) is 2. The quantitative estimate of drug-likeness (QED) is 0.755. The van der Waals surface area contributed by atoms with Crippen LogP contribution in [-0.4, -0.2) is 24.5 Å². The zero-order chi connectivity index (χ0) is 15.2. The number of aromatic nitrogens is 5. The average Bonchev–Trinajstić information content (AvgIpc) is 2.78. The number of rotatable bonds is 7. The normalized spacial score (nSPS) is 11.0. The summed E-state index contributed by atoms with van der Waals surface area (Å²) in [5.74, 6) is 1.48. The Kier molecular flexibility index (Phi) is 5.08. The van der Waals surface area contributed by atoms with Gasteiger partial charge >= 0.3 is 0 Å². The van der Waals surface area contributed by atoms with Gasteiger partial charge in [0, 0.05) is 6.20 Å². The van der Waals surface area contributed by atoms with Gasteiger partial charge in [-0.05, 0) is 19.8 Å². The molecule has 2 heterocycles. The molecule has 0 radical (unpaired) electrons. The topological polar surface area (TPSA) is 109 Å². The average molecular weight is 289 g/mol. The predicted molar refractivity (Wildman–Crippen MR) is 83.0 cm³/mol. The zero-order valence-electron chi connectivity index (χ0n) is 12.7. The molecule has 0 aliphatic carbocycles. The van der Waals surface area contributed by atoms with Crippen molar-refractivity contribution in [2.75, 3.05) is 11.5 Å². The van der Waals surface area contributed by atoms with Crippen molar-refractivity contribution in [1.29, 1.82) is 0 Å². The van der Waals surface area contributed by atoms with E-state index < -0.39 is 0 Å². The van der Waals surface area contributed by atoms with Crippen molar-refractivity contribution in [1.82, 2.24) is 24.5 Å². The van der Waals surface area contributed by atoms with E-state index in [0.29, 0.717) is 5.95 Å². The van der Waals surface area contributed by atoms with E-state index in [1.54, 1.807) is 4.57 Å². The molecule has 0 spiro atoms. The maximum absolute atomic E-state index is 5.60. The molecule has 2 aromatic rings. The molecule has 0 aliphatic rings. The Morgan fingerprint density at radius 3 is 2.29 bits per heavy atom. The van der Waals surface area contributed by atoms with Crippen molar-refractivity contribution in [3.05, 3.63) is 17.7 Å². The molecule has 7 nitrogen and oxygen atoms in total. The van der Waals surface area contributed by atoms with Crippen LogP contribution < -0.4 is 11.5 Å². The van der Waals surface area contributed by atoms with Crippen LogP contribution in [0.25, 0.3) is 5.95 Å². The molecule has 0 atom stereocenters. The number of aryl methyl sites for hydroxylation is 2. The van der Waals surface area contributed by atoms with Gasteiger partial charge in [-0.2, -0.15) is 15.0 Å². The van der Waals surface area contributed by atoms with Gasteiger partial charge in [-0.25, -0.2) is 4.98 Å². The maximum Gasteiger partial charge on any atom is 0.241 e. The van der Waals surface area contributed by atoms with Crippen LogP contribution in [0.4, 0.5) is 11.9 Å².